The van der Waals surface area contributed by atoms with E-state index in [1.807, 2.05) is 5.43 Å². The van der Waals surface area contributed by atoms with Crippen molar-refractivity contribution in [2.24, 2.45) is 5.84 Å². The third kappa shape index (κ3) is 3.66. The molecule has 0 radical (unpaired) electrons. The second kappa shape index (κ2) is 5.92. The predicted molar refractivity (Wildman–Crippen MR) is 71.4 cm³/mol. The van der Waals surface area contributed by atoms with Gasteiger partial charge in [-0.1, -0.05) is 29.3 Å². The fourth-order valence-electron chi connectivity index (χ4n) is 1.35. The molecule has 2 rings (SSSR count). The number of alkyl halides is 3. The summed E-state index contributed by atoms with van der Waals surface area (Å²) in [5, 5.41) is 0.241. The van der Waals surface area contributed by atoms with E-state index < -0.39 is 12.0 Å². The van der Waals surface area contributed by atoms with Crippen molar-refractivity contribution in [3.05, 3.63) is 40.1 Å². The summed E-state index contributed by atoms with van der Waals surface area (Å²) in [5.41, 5.74) is 2.00. The van der Waals surface area contributed by atoms with Gasteiger partial charge in [0.2, 0.25) is 11.7 Å². The summed E-state index contributed by atoms with van der Waals surface area (Å²) in [6, 6.07) is 5.55. The predicted octanol–water partition coefficient (Wildman–Crippen LogP) is 3.88. The first-order valence-corrected chi connectivity index (χ1v) is 6.11. The zero-order valence-electron chi connectivity index (χ0n) is 10.1. The molecule has 0 spiro atoms. The molecule has 1 aromatic carbocycles. The molecule has 1 aromatic heterocycles. The average molecular weight is 339 g/mol. The Morgan fingerprint density at radius 2 is 1.90 bits per heavy atom. The molecule has 0 fully saturated rings. The number of nitrogens with two attached hydrogens (primary N) is 1. The van der Waals surface area contributed by atoms with Gasteiger partial charge in [0.25, 0.3) is 0 Å². The Morgan fingerprint density at radius 1 is 1.19 bits per heavy atom. The average Bonchev–Trinajstić information content (AvgIpc) is 2.42. The van der Waals surface area contributed by atoms with E-state index in [2.05, 4.69) is 9.97 Å². The molecule has 0 unspecified atom stereocenters. The summed E-state index contributed by atoms with van der Waals surface area (Å²) in [6.07, 6.45) is -4.75. The lowest BCUT2D eigenvalue weighted by atomic mass is 10.3. The number of halogens is 5. The number of benzene rings is 1. The molecule has 21 heavy (non-hydrogen) atoms. The molecule has 112 valence electrons. The molecule has 0 saturated carbocycles. The van der Waals surface area contributed by atoms with Gasteiger partial charge < -0.3 is 10.2 Å². The van der Waals surface area contributed by atoms with Gasteiger partial charge >= 0.3 is 6.18 Å². The standard InChI is InChI=1S/C11H7Cl2F3N4O/c12-5-2-1-3-6(9(5)13)21-8-4-7(20-17)18-10(19-8)11(14,15)16/h1-4H,17H2,(H,18,19,20). The fraction of sp³-hybridized carbons (Fsp3) is 0.0909. The van der Waals surface area contributed by atoms with Crippen molar-refractivity contribution in [1.82, 2.24) is 9.97 Å². The minimum absolute atomic E-state index is 0.0496. The number of nitrogen functional groups attached to an aromatic ring is 1. The highest BCUT2D eigenvalue weighted by Gasteiger charge is 2.35. The van der Waals surface area contributed by atoms with Gasteiger partial charge in [0.1, 0.15) is 16.6 Å². The van der Waals surface area contributed by atoms with Crippen molar-refractivity contribution >= 4 is 29.0 Å². The lowest BCUT2D eigenvalue weighted by molar-refractivity contribution is -0.145. The van der Waals surface area contributed by atoms with E-state index >= 15 is 0 Å². The van der Waals surface area contributed by atoms with Gasteiger partial charge in [-0.3, -0.25) is 0 Å². The quantitative estimate of drug-likeness (QED) is 0.656. The first-order valence-electron chi connectivity index (χ1n) is 5.36. The number of hydrazine groups is 1. The van der Waals surface area contributed by atoms with Gasteiger partial charge in [-0.15, -0.1) is 0 Å². The Kier molecular flexibility index (Phi) is 4.40. The van der Waals surface area contributed by atoms with Gasteiger partial charge in [-0.05, 0) is 12.1 Å². The second-order valence-electron chi connectivity index (χ2n) is 3.71. The molecule has 10 heteroatoms. The smallest absolute Gasteiger partial charge is 0.437 e. The number of hydrogen-bond donors (Lipinski definition) is 2. The van der Waals surface area contributed by atoms with Crippen molar-refractivity contribution in [3.63, 3.8) is 0 Å². The third-order valence-corrected chi connectivity index (χ3v) is 3.04. The van der Waals surface area contributed by atoms with Crippen LogP contribution in [0.2, 0.25) is 10.0 Å². The molecule has 2 aromatic rings. The van der Waals surface area contributed by atoms with E-state index in [4.69, 9.17) is 33.8 Å². The maximum absolute atomic E-state index is 12.7. The molecule has 1 heterocycles. The summed E-state index contributed by atoms with van der Waals surface area (Å²) in [5.74, 6) is 3.09. The van der Waals surface area contributed by atoms with Crippen molar-refractivity contribution in [1.29, 1.82) is 0 Å². The zero-order chi connectivity index (χ0) is 15.6. The van der Waals surface area contributed by atoms with Crippen molar-refractivity contribution in [2.45, 2.75) is 6.18 Å². The SMILES string of the molecule is NNc1cc(Oc2cccc(Cl)c2Cl)nc(C(F)(F)F)n1. The number of ether oxygens (including phenoxy) is 1. The van der Waals surface area contributed by atoms with Crippen LogP contribution in [0.25, 0.3) is 0 Å². The van der Waals surface area contributed by atoms with E-state index in [1.54, 1.807) is 0 Å². The normalized spacial score (nSPS) is 11.3. The third-order valence-electron chi connectivity index (χ3n) is 2.23. The summed E-state index contributed by atoms with van der Waals surface area (Å²) < 4.78 is 43.2. The van der Waals surface area contributed by atoms with Crippen molar-refractivity contribution in [3.8, 4) is 11.6 Å². The van der Waals surface area contributed by atoms with Crippen LogP contribution in [0.1, 0.15) is 5.82 Å². The number of nitrogens with zero attached hydrogens (tertiary/aromatic N) is 2. The molecular weight excluding hydrogens is 332 g/mol. The largest absolute Gasteiger partial charge is 0.451 e. The Hall–Kier alpha value is -1.77. The molecule has 0 bridgehead atoms. The topological polar surface area (TPSA) is 73.1 Å². The van der Waals surface area contributed by atoms with Crippen LogP contribution in [0.5, 0.6) is 11.6 Å². The first kappa shape index (κ1) is 15.6. The number of hydrogen-bond acceptors (Lipinski definition) is 5. The van der Waals surface area contributed by atoms with Crippen LogP contribution in [-0.2, 0) is 6.18 Å². The monoisotopic (exact) mass is 338 g/mol. The summed E-state index contributed by atoms with van der Waals surface area (Å²) in [7, 11) is 0. The van der Waals surface area contributed by atoms with Gasteiger partial charge in [-0.2, -0.15) is 18.2 Å². The highest BCUT2D eigenvalue weighted by Crippen LogP contribution is 2.35. The molecule has 0 aliphatic carbocycles. The molecule has 3 N–H and O–H groups in total. The summed E-state index contributed by atoms with van der Waals surface area (Å²) >= 11 is 11.7. The Balaban J connectivity index is 2.42. The van der Waals surface area contributed by atoms with Crippen LogP contribution in [0.15, 0.2) is 24.3 Å². The molecule has 0 amide bonds. The highest BCUT2D eigenvalue weighted by molar-refractivity contribution is 6.42. The van der Waals surface area contributed by atoms with E-state index in [0.717, 1.165) is 6.07 Å². The van der Waals surface area contributed by atoms with Crippen LogP contribution in [0, 0.1) is 0 Å². The Labute approximate surface area is 126 Å². The van der Waals surface area contributed by atoms with Crippen LogP contribution in [0.3, 0.4) is 0 Å². The highest BCUT2D eigenvalue weighted by atomic mass is 35.5. The number of aromatic nitrogens is 2. The van der Waals surface area contributed by atoms with E-state index in [-0.39, 0.29) is 27.5 Å². The molecule has 5 nitrogen and oxygen atoms in total. The van der Waals surface area contributed by atoms with Gasteiger partial charge in [0.05, 0.1) is 5.02 Å². The lowest BCUT2D eigenvalue weighted by Gasteiger charge is -2.11. The number of rotatable bonds is 3. The molecule has 0 saturated heterocycles. The number of anilines is 1. The minimum atomic E-state index is -4.75. The summed E-state index contributed by atoms with van der Waals surface area (Å²) in [4.78, 5) is 6.46. The molecule has 0 aliphatic rings. The van der Waals surface area contributed by atoms with Crippen LogP contribution in [0.4, 0.5) is 19.0 Å². The molecule has 0 atom stereocenters. The minimum Gasteiger partial charge on any atom is -0.437 e. The van der Waals surface area contributed by atoms with E-state index in [0.29, 0.717) is 0 Å². The number of nitrogens with one attached hydrogen (secondary N) is 1. The summed E-state index contributed by atoms with van der Waals surface area (Å²) in [6.45, 7) is 0. The molecular formula is C11H7Cl2F3N4O. The van der Waals surface area contributed by atoms with Gasteiger partial charge in [-0.25, -0.2) is 10.8 Å². The first-order chi connectivity index (χ1) is 9.81. The van der Waals surface area contributed by atoms with Crippen LogP contribution < -0.4 is 16.0 Å². The maximum atomic E-state index is 12.7. The van der Waals surface area contributed by atoms with E-state index in [9.17, 15) is 13.2 Å². The molecule has 0 aliphatic heterocycles. The van der Waals surface area contributed by atoms with Crippen molar-refractivity contribution < 1.29 is 17.9 Å². The maximum Gasteiger partial charge on any atom is 0.451 e. The Bertz CT molecular complexity index is 666. The lowest BCUT2D eigenvalue weighted by Crippen LogP contribution is -2.16. The van der Waals surface area contributed by atoms with Crippen molar-refractivity contribution in [2.75, 3.05) is 5.43 Å². The Morgan fingerprint density at radius 3 is 2.52 bits per heavy atom. The zero-order valence-corrected chi connectivity index (χ0v) is 11.6. The van der Waals surface area contributed by atoms with Gasteiger partial charge in [0, 0.05) is 6.07 Å². The van der Waals surface area contributed by atoms with Crippen LogP contribution in [-0.4, -0.2) is 9.97 Å². The second-order valence-corrected chi connectivity index (χ2v) is 4.50. The van der Waals surface area contributed by atoms with Gasteiger partial charge in [0.15, 0.2) is 0 Å². The van der Waals surface area contributed by atoms with Crippen LogP contribution >= 0.6 is 23.2 Å². The van der Waals surface area contributed by atoms with E-state index in [1.165, 1.54) is 18.2 Å². The fourth-order valence-corrected chi connectivity index (χ4v) is 1.68.